The Morgan fingerprint density at radius 2 is 1.83 bits per heavy atom. The summed E-state index contributed by atoms with van der Waals surface area (Å²) in [6.07, 6.45) is 8.89. The number of nitrogens with zero attached hydrogens (tertiary/aromatic N) is 2. The minimum atomic E-state index is -4.08. The van der Waals surface area contributed by atoms with E-state index < -0.39 is 39.2 Å². The molecule has 2 aromatic rings. The van der Waals surface area contributed by atoms with Crippen LogP contribution < -0.4 is 4.72 Å². The van der Waals surface area contributed by atoms with Crippen molar-refractivity contribution in [2.24, 2.45) is 5.92 Å². The van der Waals surface area contributed by atoms with E-state index in [9.17, 15) is 18.0 Å². The number of hydrogen-bond acceptors (Lipinski definition) is 8. The van der Waals surface area contributed by atoms with E-state index >= 15 is 0 Å². The highest BCUT2D eigenvalue weighted by Gasteiger charge is 2.28. The molecule has 1 N–H and O–H groups in total. The van der Waals surface area contributed by atoms with Crippen LogP contribution in [0.15, 0.2) is 39.8 Å². The lowest BCUT2D eigenvalue weighted by molar-refractivity contribution is -0.155. The summed E-state index contributed by atoms with van der Waals surface area (Å²) in [4.78, 5) is 29.1. The van der Waals surface area contributed by atoms with Gasteiger partial charge < -0.3 is 9.26 Å². The van der Waals surface area contributed by atoms with Crippen LogP contribution in [0.4, 0.5) is 0 Å². The summed E-state index contributed by atoms with van der Waals surface area (Å²) < 4.78 is 37.6. The Labute approximate surface area is 207 Å². The number of sulfonamides is 1. The lowest BCUT2D eigenvalue weighted by Gasteiger charge is -2.23. The van der Waals surface area contributed by atoms with E-state index in [1.165, 1.54) is 44.2 Å². The van der Waals surface area contributed by atoms with Gasteiger partial charge in [0.2, 0.25) is 5.89 Å². The SMILES string of the molecule is CC(C)(C)OC(=O)CC(CCCC1CCCCC1)c1nc(C(=O)NS(=O)(=O)c2ccccc2)no1. The molecular weight excluding hydrogens is 470 g/mol. The number of amides is 1. The quantitative estimate of drug-likeness (QED) is 0.458. The van der Waals surface area contributed by atoms with Crippen molar-refractivity contribution >= 4 is 21.9 Å². The third-order valence-corrected chi connectivity index (χ3v) is 7.34. The molecule has 0 bridgehead atoms. The van der Waals surface area contributed by atoms with E-state index in [2.05, 4.69) is 10.1 Å². The third-order valence-electron chi connectivity index (χ3n) is 6.00. The topological polar surface area (TPSA) is 128 Å². The molecule has 1 amide bonds. The number of aromatic nitrogens is 2. The van der Waals surface area contributed by atoms with E-state index in [0.29, 0.717) is 12.3 Å². The van der Waals surface area contributed by atoms with Crippen molar-refractivity contribution in [3.8, 4) is 0 Å². The second-order valence-corrected chi connectivity index (χ2v) is 11.8. The van der Waals surface area contributed by atoms with E-state index in [0.717, 1.165) is 12.8 Å². The predicted molar refractivity (Wildman–Crippen MR) is 129 cm³/mol. The Hall–Kier alpha value is -2.75. The highest BCUT2D eigenvalue weighted by atomic mass is 32.2. The number of hydrogen-bond donors (Lipinski definition) is 1. The fraction of sp³-hybridized carbons (Fsp3) is 0.600. The van der Waals surface area contributed by atoms with E-state index in [1.54, 1.807) is 39.0 Å². The molecule has 0 radical (unpaired) electrons. The summed E-state index contributed by atoms with van der Waals surface area (Å²) in [6, 6.07) is 7.53. The van der Waals surface area contributed by atoms with Gasteiger partial charge in [-0.25, -0.2) is 13.1 Å². The summed E-state index contributed by atoms with van der Waals surface area (Å²) in [5.74, 6) is -1.40. The van der Waals surface area contributed by atoms with Gasteiger partial charge in [0, 0.05) is 5.92 Å². The number of ether oxygens (including phenoxy) is 1. The van der Waals surface area contributed by atoms with Crippen LogP contribution in [0.2, 0.25) is 0 Å². The lowest BCUT2D eigenvalue weighted by atomic mass is 9.84. The molecule has 9 nitrogen and oxygen atoms in total. The normalized spacial score (nSPS) is 16.0. The third kappa shape index (κ3) is 8.45. The predicted octanol–water partition coefficient (Wildman–Crippen LogP) is 4.75. The van der Waals surface area contributed by atoms with Crippen molar-refractivity contribution in [1.29, 1.82) is 0 Å². The molecule has 1 unspecified atom stereocenters. The molecule has 3 rings (SSSR count). The molecule has 1 aliphatic carbocycles. The average molecular weight is 506 g/mol. The van der Waals surface area contributed by atoms with E-state index in [4.69, 9.17) is 9.26 Å². The largest absolute Gasteiger partial charge is 0.460 e. The number of benzene rings is 1. The zero-order valence-electron chi connectivity index (χ0n) is 20.7. The summed E-state index contributed by atoms with van der Waals surface area (Å²) in [5, 5.41) is 3.68. The molecule has 0 saturated heterocycles. The molecule has 1 atom stereocenters. The summed E-state index contributed by atoms with van der Waals surface area (Å²) in [6.45, 7) is 5.39. The van der Waals surface area contributed by atoms with Gasteiger partial charge >= 0.3 is 11.9 Å². The lowest BCUT2D eigenvalue weighted by Crippen LogP contribution is -2.31. The van der Waals surface area contributed by atoms with Crippen LogP contribution in [0, 0.1) is 5.92 Å². The first-order valence-corrected chi connectivity index (χ1v) is 13.7. The Kier molecular flexibility index (Phi) is 9.04. The molecule has 35 heavy (non-hydrogen) atoms. The van der Waals surface area contributed by atoms with Crippen LogP contribution >= 0.6 is 0 Å². The smallest absolute Gasteiger partial charge is 0.307 e. The molecule has 1 aromatic heterocycles. The van der Waals surface area contributed by atoms with Gasteiger partial charge in [0.1, 0.15) is 5.60 Å². The van der Waals surface area contributed by atoms with Crippen LogP contribution in [0.25, 0.3) is 0 Å². The average Bonchev–Trinajstić information content (AvgIpc) is 3.29. The fourth-order valence-electron chi connectivity index (χ4n) is 4.35. The van der Waals surface area contributed by atoms with Crippen molar-refractivity contribution < 1.29 is 27.3 Å². The molecule has 1 aromatic carbocycles. The first kappa shape index (κ1) is 26.8. The molecule has 0 spiro atoms. The Balaban J connectivity index is 1.68. The Morgan fingerprint density at radius 3 is 2.49 bits per heavy atom. The summed E-state index contributed by atoms with van der Waals surface area (Å²) >= 11 is 0. The molecule has 1 aliphatic rings. The molecule has 0 aliphatic heterocycles. The summed E-state index contributed by atoms with van der Waals surface area (Å²) in [5.41, 5.74) is -0.630. The maximum atomic E-state index is 12.5. The van der Waals surface area contributed by atoms with Crippen molar-refractivity contribution in [1.82, 2.24) is 14.9 Å². The summed E-state index contributed by atoms with van der Waals surface area (Å²) in [7, 11) is -4.08. The van der Waals surface area contributed by atoms with Crippen molar-refractivity contribution in [2.45, 2.75) is 95.0 Å². The van der Waals surface area contributed by atoms with E-state index in [1.807, 2.05) is 4.72 Å². The highest BCUT2D eigenvalue weighted by molar-refractivity contribution is 7.90. The molecule has 1 fully saturated rings. The van der Waals surface area contributed by atoms with Gasteiger partial charge in [-0.1, -0.05) is 68.3 Å². The van der Waals surface area contributed by atoms with Crippen LogP contribution in [-0.2, 0) is 19.6 Å². The zero-order valence-corrected chi connectivity index (χ0v) is 21.5. The monoisotopic (exact) mass is 505 g/mol. The van der Waals surface area contributed by atoms with Crippen LogP contribution in [0.5, 0.6) is 0 Å². The Bertz CT molecular complexity index is 1090. The van der Waals surface area contributed by atoms with E-state index in [-0.39, 0.29) is 17.2 Å². The van der Waals surface area contributed by atoms with Crippen molar-refractivity contribution in [3.05, 3.63) is 42.0 Å². The van der Waals surface area contributed by atoms with Gasteiger partial charge in [0.05, 0.1) is 11.3 Å². The maximum absolute atomic E-state index is 12.5. The maximum Gasteiger partial charge on any atom is 0.307 e. The second kappa shape index (κ2) is 11.8. The molecule has 192 valence electrons. The number of nitrogens with one attached hydrogen (secondary N) is 1. The minimum absolute atomic E-state index is 0.0352. The van der Waals surface area contributed by atoms with Crippen LogP contribution in [0.3, 0.4) is 0 Å². The minimum Gasteiger partial charge on any atom is -0.460 e. The molecular formula is C25H35N3O6S. The fourth-order valence-corrected chi connectivity index (χ4v) is 5.31. The molecule has 1 heterocycles. The van der Waals surface area contributed by atoms with Crippen LogP contribution in [0.1, 0.15) is 101 Å². The second-order valence-electron chi connectivity index (χ2n) is 10.1. The number of carbonyl (C=O) groups is 2. The first-order valence-electron chi connectivity index (χ1n) is 12.2. The first-order chi connectivity index (χ1) is 16.5. The van der Waals surface area contributed by atoms with Crippen molar-refractivity contribution in [2.75, 3.05) is 0 Å². The van der Waals surface area contributed by atoms with Gasteiger partial charge in [0.25, 0.3) is 15.8 Å². The number of rotatable bonds is 10. The van der Waals surface area contributed by atoms with Gasteiger partial charge in [-0.2, -0.15) is 4.98 Å². The zero-order chi connectivity index (χ0) is 25.5. The van der Waals surface area contributed by atoms with Gasteiger partial charge in [-0.05, 0) is 45.2 Å². The molecule has 1 saturated carbocycles. The molecule has 10 heteroatoms. The van der Waals surface area contributed by atoms with Gasteiger partial charge in [-0.3, -0.25) is 9.59 Å². The van der Waals surface area contributed by atoms with Gasteiger partial charge in [-0.15, -0.1) is 0 Å². The van der Waals surface area contributed by atoms with Gasteiger partial charge in [0.15, 0.2) is 0 Å². The van der Waals surface area contributed by atoms with Crippen LogP contribution in [-0.4, -0.2) is 36.0 Å². The van der Waals surface area contributed by atoms with Crippen molar-refractivity contribution in [3.63, 3.8) is 0 Å². The number of carbonyl (C=O) groups excluding carboxylic acids is 2. The Morgan fingerprint density at radius 1 is 1.14 bits per heavy atom. The standard InChI is InChI=1S/C25H35N3O6S/c1-25(2,3)33-21(29)17-19(14-10-13-18-11-6-4-7-12-18)24-26-22(27-34-24)23(30)28-35(31,32)20-15-8-5-9-16-20/h5,8-9,15-16,18-19H,4,6-7,10-14,17H2,1-3H3,(H,28,30). The number of esters is 1. The highest BCUT2D eigenvalue weighted by Crippen LogP contribution is 2.31.